The van der Waals surface area contributed by atoms with E-state index in [1.165, 1.54) is 10.5 Å². The van der Waals surface area contributed by atoms with Crippen LogP contribution in [-0.4, -0.2) is 19.7 Å². The first-order valence-corrected chi connectivity index (χ1v) is 8.23. The first-order valence-electron chi connectivity index (χ1n) is 8.23. The van der Waals surface area contributed by atoms with Gasteiger partial charge in [0.2, 0.25) is 11.8 Å². The van der Waals surface area contributed by atoms with E-state index in [1.807, 2.05) is 19.1 Å². The van der Waals surface area contributed by atoms with Gasteiger partial charge in [-0.25, -0.2) is 0 Å². The summed E-state index contributed by atoms with van der Waals surface area (Å²) < 4.78 is 0. The molecule has 0 N–H and O–H groups in total. The number of hydrogen-bond acceptors (Lipinski definition) is 2. The summed E-state index contributed by atoms with van der Waals surface area (Å²) >= 11 is 0. The Balaban J connectivity index is 2.22. The Hall–Kier alpha value is -1.58. The normalized spacial score (nSPS) is 20.5. The molecule has 2 rings (SSSR count). The third-order valence-corrected chi connectivity index (χ3v) is 4.56. The van der Waals surface area contributed by atoms with Gasteiger partial charge >= 0.3 is 0 Å². The Morgan fingerprint density at radius 3 is 2.32 bits per heavy atom. The molecule has 1 aromatic carbocycles. The Labute approximate surface area is 134 Å². The Kier molecular flexibility index (Phi) is 4.79. The van der Waals surface area contributed by atoms with Gasteiger partial charge in [-0.2, -0.15) is 0 Å². The number of imide groups is 1. The highest BCUT2D eigenvalue weighted by Crippen LogP contribution is 2.34. The van der Waals surface area contributed by atoms with E-state index in [0.29, 0.717) is 17.9 Å². The van der Waals surface area contributed by atoms with E-state index in [0.717, 1.165) is 12.8 Å². The zero-order chi connectivity index (χ0) is 16.5. The molecule has 118 valence electrons. The summed E-state index contributed by atoms with van der Waals surface area (Å²) in [6.07, 6.45) is 2.17. The van der Waals surface area contributed by atoms with Crippen molar-refractivity contribution in [1.29, 1.82) is 0 Å². The van der Waals surface area contributed by atoms with Crippen LogP contribution in [0.1, 0.15) is 52.5 Å². The average molecular weight is 299 g/mol. The lowest BCUT2D eigenvalue weighted by molar-refractivity contribution is -0.122. The molecule has 4 heteroatoms. The maximum Gasteiger partial charge on any atom is 0.237 e. The van der Waals surface area contributed by atoms with Crippen molar-refractivity contribution in [2.75, 3.05) is 4.90 Å². The van der Waals surface area contributed by atoms with Crippen molar-refractivity contribution in [2.45, 2.75) is 58.2 Å². The quantitative estimate of drug-likeness (QED) is 0.619. The highest BCUT2D eigenvalue weighted by atomic mass is 16.2. The molecule has 1 aliphatic heterocycles. The minimum Gasteiger partial charge on any atom is -0.274 e. The Bertz CT molecular complexity index is 563. The number of nitrogens with zero attached hydrogens (tertiary/aromatic N) is 1. The number of anilines is 1. The topological polar surface area (TPSA) is 37.4 Å². The van der Waals surface area contributed by atoms with Crippen molar-refractivity contribution >= 4 is 25.3 Å². The van der Waals surface area contributed by atoms with Gasteiger partial charge in [0.05, 0.1) is 5.69 Å². The van der Waals surface area contributed by atoms with Crippen LogP contribution in [0.15, 0.2) is 24.3 Å². The number of carbonyl (C=O) groups is 2. The zero-order valence-corrected chi connectivity index (χ0v) is 14.3. The predicted octanol–water partition coefficient (Wildman–Crippen LogP) is 3.09. The number of hydrogen-bond donors (Lipinski definition) is 0. The van der Waals surface area contributed by atoms with Crippen LogP contribution < -0.4 is 4.90 Å². The molecule has 2 amide bonds. The largest absolute Gasteiger partial charge is 0.274 e. The minimum absolute atomic E-state index is 0.0540. The zero-order valence-electron chi connectivity index (χ0n) is 14.3. The van der Waals surface area contributed by atoms with Crippen molar-refractivity contribution < 1.29 is 9.59 Å². The van der Waals surface area contributed by atoms with Crippen LogP contribution in [-0.2, 0) is 15.0 Å². The Morgan fingerprint density at radius 2 is 1.86 bits per heavy atom. The molecule has 1 fully saturated rings. The standard InChI is InChI=1S/C18H26BNO2/c1-5-13-10-16(21)20(17(13)22)15-8-6-14(7-9-15)18(3,4)11-12(2)19/h6-9,12-13H,5,10-11,19H2,1-4H3. The van der Waals surface area contributed by atoms with Crippen molar-refractivity contribution in [1.82, 2.24) is 0 Å². The highest BCUT2D eigenvalue weighted by Gasteiger charge is 2.38. The van der Waals surface area contributed by atoms with Crippen molar-refractivity contribution in [3.8, 4) is 0 Å². The molecule has 1 heterocycles. The summed E-state index contributed by atoms with van der Waals surface area (Å²) in [5.41, 5.74) is 2.05. The molecule has 2 atom stereocenters. The molecule has 3 nitrogen and oxygen atoms in total. The van der Waals surface area contributed by atoms with E-state index >= 15 is 0 Å². The molecule has 0 saturated carbocycles. The second-order valence-corrected chi connectivity index (χ2v) is 7.41. The van der Waals surface area contributed by atoms with Crippen molar-refractivity contribution in [2.24, 2.45) is 5.92 Å². The lowest BCUT2D eigenvalue weighted by Crippen LogP contribution is -2.30. The molecule has 22 heavy (non-hydrogen) atoms. The van der Waals surface area contributed by atoms with Crippen molar-refractivity contribution in [3.63, 3.8) is 0 Å². The van der Waals surface area contributed by atoms with Crippen LogP contribution in [0.2, 0.25) is 5.82 Å². The van der Waals surface area contributed by atoms with Gasteiger partial charge in [0, 0.05) is 12.3 Å². The van der Waals surface area contributed by atoms with Crippen LogP contribution in [0.5, 0.6) is 0 Å². The summed E-state index contributed by atoms with van der Waals surface area (Å²) in [7, 11) is 2.22. The molecule has 1 aliphatic rings. The summed E-state index contributed by atoms with van der Waals surface area (Å²) in [6.45, 7) is 8.65. The molecular weight excluding hydrogens is 273 g/mol. The van der Waals surface area contributed by atoms with Gasteiger partial charge in [-0.15, -0.1) is 0 Å². The lowest BCUT2D eigenvalue weighted by atomic mass is 9.71. The van der Waals surface area contributed by atoms with Crippen LogP contribution in [0.4, 0.5) is 5.69 Å². The van der Waals surface area contributed by atoms with E-state index in [1.54, 1.807) is 0 Å². The fourth-order valence-corrected chi connectivity index (χ4v) is 3.49. The van der Waals surface area contributed by atoms with Crippen LogP contribution in [0, 0.1) is 5.92 Å². The van der Waals surface area contributed by atoms with Crippen molar-refractivity contribution in [3.05, 3.63) is 29.8 Å². The maximum absolute atomic E-state index is 12.3. The molecule has 1 aromatic rings. The second kappa shape index (κ2) is 6.27. The Morgan fingerprint density at radius 1 is 1.27 bits per heavy atom. The average Bonchev–Trinajstić information content (AvgIpc) is 2.72. The molecule has 1 saturated heterocycles. The molecule has 2 unspecified atom stereocenters. The van der Waals surface area contributed by atoms with Gasteiger partial charge in [-0.05, 0) is 36.0 Å². The molecule has 0 radical (unpaired) electrons. The number of benzene rings is 1. The monoisotopic (exact) mass is 299 g/mol. The fourth-order valence-electron chi connectivity index (χ4n) is 3.49. The SMILES string of the molecule is BC(C)CC(C)(C)c1ccc(N2C(=O)CC(CC)C2=O)cc1. The van der Waals surface area contributed by atoms with E-state index in [9.17, 15) is 9.59 Å². The number of amides is 2. The summed E-state index contributed by atoms with van der Waals surface area (Å²) in [4.78, 5) is 25.7. The fraction of sp³-hybridized carbons (Fsp3) is 0.556. The van der Waals surface area contributed by atoms with E-state index in [4.69, 9.17) is 0 Å². The summed E-state index contributed by atoms with van der Waals surface area (Å²) in [5.74, 6) is 0.346. The molecule has 0 bridgehead atoms. The summed E-state index contributed by atoms with van der Waals surface area (Å²) in [6, 6.07) is 7.92. The molecule has 0 aliphatic carbocycles. The van der Waals surface area contributed by atoms with Gasteiger partial charge in [0.1, 0.15) is 7.85 Å². The molecule has 0 aromatic heterocycles. The third kappa shape index (κ3) is 3.26. The first-order chi connectivity index (χ1) is 10.3. The predicted molar refractivity (Wildman–Crippen MR) is 92.9 cm³/mol. The van der Waals surface area contributed by atoms with E-state index < -0.39 is 0 Å². The van der Waals surface area contributed by atoms with Crippen LogP contribution in [0.25, 0.3) is 0 Å². The summed E-state index contributed by atoms with van der Waals surface area (Å²) in [5, 5.41) is 0. The van der Waals surface area contributed by atoms with E-state index in [-0.39, 0.29) is 23.1 Å². The van der Waals surface area contributed by atoms with Gasteiger partial charge in [-0.1, -0.05) is 45.6 Å². The van der Waals surface area contributed by atoms with Gasteiger partial charge in [0.25, 0.3) is 0 Å². The number of carbonyl (C=O) groups excluding carboxylic acids is 2. The smallest absolute Gasteiger partial charge is 0.237 e. The van der Waals surface area contributed by atoms with Gasteiger partial charge in [-0.3, -0.25) is 14.5 Å². The lowest BCUT2D eigenvalue weighted by Gasteiger charge is -2.28. The van der Waals surface area contributed by atoms with E-state index in [2.05, 4.69) is 40.8 Å². The third-order valence-electron chi connectivity index (χ3n) is 4.56. The van der Waals surface area contributed by atoms with Gasteiger partial charge in [0.15, 0.2) is 0 Å². The molecular formula is C18H26BNO2. The van der Waals surface area contributed by atoms with Crippen LogP contribution >= 0.6 is 0 Å². The maximum atomic E-state index is 12.3. The highest BCUT2D eigenvalue weighted by molar-refractivity contribution is 6.20. The van der Waals surface area contributed by atoms with Gasteiger partial charge < -0.3 is 0 Å². The van der Waals surface area contributed by atoms with Crippen LogP contribution in [0.3, 0.4) is 0 Å². The second-order valence-electron chi connectivity index (χ2n) is 7.41. The number of rotatable bonds is 5. The minimum atomic E-state index is -0.149. The molecule has 0 spiro atoms. The first kappa shape index (κ1) is 16.8.